The van der Waals surface area contributed by atoms with Crippen molar-refractivity contribution in [3.8, 4) is 0 Å². The summed E-state index contributed by atoms with van der Waals surface area (Å²) in [6.45, 7) is 1.96. The van der Waals surface area contributed by atoms with Crippen molar-refractivity contribution in [1.29, 1.82) is 0 Å². The zero-order valence-electron chi connectivity index (χ0n) is 13.8. The Morgan fingerprint density at radius 2 is 2.29 bits per heavy atom. The van der Waals surface area contributed by atoms with Crippen LogP contribution >= 0.6 is 0 Å². The van der Waals surface area contributed by atoms with Crippen molar-refractivity contribution in [1.82, 2.24) is 24.6 Å². The van der Waals surface area contributed by atoms with E-state index in [1.807, 2.05) is 22.9 Å². The fourth-order valence-electron chi connectivity index (χ4n) is 2.95. The lowest BCUT2D eigenvalue weighted by Crippen LogP contribution is -2.53. The Kier molecular flexibility index (Phi) is 4.66. The molecule has 0 saturated carbocycles. The molecule has 2 aromatic heterocycles. The van der Waals surface area contributed by atoms with E-state index in [4.69, 9.17) is 4.74 Å². The van der Waals surface area contributed by atoms with Crippen LogP contribution in [0.5, 0.6) is 0 Å². The second-order valence-corrected chi connectivity index (χ2v) is 5.74. The number of ether oxygens (including phenoxy) is 1. The molecule has 0 aliphatic carbocycles. The van der Waals surface area contributed by atoms with Gasteiger partial charge in [-0.3, -0.25) is 14.3 Å². The molecule has 1 unspecified atom stereocenters. The van der Waals surface area contributed by atoms with Crippen molar-refractivity contribution in [2.75, 3.05) is 26.8 Å². The van der Waals surface area contributed by atoms with Crippen LogP contribution < -0.4 is 5.32 Å². The molecule has 0 fully saturated rings. The minimum Gasteiger partial charge on any atom is -0.383 e. The highest BCUT2D eigenvalue weighted by Gasteiger charge is 2.32. The van der Waals surface area contributed by atoms with Gasteiger partial charge >= 0.3 is 0 Å². The summed E-state index contributed by atoms with van der Waals surface area (Å²) in [5.41, 5.74) is 1.16. The Balaban J connectivity index is 1.71. The number of hydrogen-bond donors (Lipinski definition) is 1. The molecule has 3 heterocycles. The quantitative estimate of drug-likeness (QED) is 0.815. The molecule has 24 heavy (non-hydrogen) atoms. The van der Waals surface area contributed by atoms with Gasteiger partial charge in [0.15, 0.2) is 0 Å². The maximum atomic E-state index is 12.6. The number of rotatable bonds is 6. The molecular weight excluding hydrogens is 310 g/mol. The number of amides is 2. The molecule has 1 atom stereocenters. The van der Waals surface area contributed by atoms with Gasteiger partial charge < -0.3 is 19.5 Å². The fraction of sp³-hybridized carbons (Fsp3) is 0.438. The molecule has 1 N–H and O–H groups in total. The third kappa shape index (κ3) is 3.05. The minimum absolute atomic E-state index is 0.0388. The van der Waals surface area contributed by atoms with Crippen molar-refractivity contribution in [3.05, 3.63) is 42.0 Å². The van der Waals surface area contributed by atoms with Crippen LogP contribution in [-0.2, 0) is 18.3 Å². The summed E-state index contributed by atoms with van der Waals surface area (Å²) < 4.78 is 8.56. The van der Waals surface area contributed by atoms with Crippen LogP contribution in [0.15, 0.2) is 30.6 Å². The molecule has 1 aliphatic heterocycles. The smallest absolute Gasteiger partial charge is 0.270 e. The molecule has 128 valence electrons. The lowest BCUT2D eigenvalue weighted by atomic mass is 10.1. The van der Waals surface area contributed by atoms with Gasteiger partial charge in [-0.15, -0.1) is 0 Å². The largest absolute Gasteiger partial charge is 0.383 e. The lowest BCUT2D eigenvalue weighted by Gasteiger charge is -2.36. The number of fused-ring (bicyclic) bond motifs is 1. The van der Waals surface area contributed by atoms with Crippen LogP contribution in [0, 0.1) is 0 Å². The highest BCUT2D eigenvalue weighted by molar-refractivity contribution is 5.94. The van der Waals surface area contributed by atoms with Gasteiger partial charge in [0, 0.05) is 46.2 Å². The van der Waals surface area contributed by atoms with Gasteiger partial charge in [-0.1, -0.05) is 0 Å². The predicted molar refractivity (Wildman–Crippen MR) is 86.7 cm³/mol. The van der Waals surface area contributed by atoms with E-state index >= 15 is 0 Å². The first-order valence-corrected chi connectivity index (χ1v) is 7.83. The average molecular weight is 331 g/mol. The zero-order chi connectivity index (χ0) is 17.1. The van der Waals surface area contributed by atoms with Crippen LogP contribution in [0.4, 0.5) is 0 Å². The van der Waals surface area contributed by atoms with Gasteiger partial charge in [0.2, 0.25) is 0 Å². The third-order valence-corrected chi connectivity index (χ3v) is 4.25. The SMILES string of the molecule is COCCN1C(=O)c2cccn2CC1CNC(=O)c1ccnn1C. The van der Waals surface area contributed by atoms with E-state index in [0.29, 0.717) is 37.6 Å². The number of hydrogen-bond acceptors (Lipinski definition) is 4. The van der Waals surface area contributed by atoms with E-state index in [1.165, 1.54) is 4.68 Å². The van der Waals surface area contributed by atoms with Crippen LogP contribution in [0.2, 0.25) is 0 Å². The van der Waals surface area contributed by atoms with E-state index in [1.54, 1.807) is 31.3 Å². The predicted octanol–water partition coefficient (Wildman–Crippen LogP) is 0.122. The van der Waals surface area contributed by atoms with Gasteiger partial charge in [-0.25, -0.2) is 0 Å². The molecule has 8 heteroatoms. The summed E-state index contributed by atoms with van der Waals surface area (Å²) in [6.07, 6.45) is 3.47. The third-order valence-electron chi connectivity index (χ3n) is 4.25. The standard InChI is InChI=1S/C16H21N5O3/c1-19-13(5-6-18-19)15(22)17-10-12-11-20-7-3-4-14(20)16(23)21(12)8-9-24-2/h3-7,12H,8-11H2,1-2H3,(H,17,22). The first-order chi connectivity index (χ1) is 11.6. The minimum atomic E-state index is -0.201. The Hall–Kier alpha value is -2.61. The van der Waals surface area contributed by atoms with E-state index in [9.17, 15) is 9.59 Å². The Labute approximate surface area is 140 Å². The van der Waals surface area contributed by atoms with Crippen LogP contribution in [-0.4, -0.2) is 63.9 Å². The molecule has 0 aromatic carbocycles. The Morgan fingerprint density at radius 1 is 1.46 bits per heavy atom. The topological polar surface area (TPSA) is 81.4 Å². The molecule has 2 amide bonds. The normalized spacial score (nSPS) is 17.0. The summed E-state index contributed by atoms with van der Waals surface area (Å²) in [7, 11) is 3.33. The molecule has 3 rings (SSSR count). The molecule has 0 bridgehead atoms. The maximum Gasteiger partial charge on any atom is 0.270 e. The summed E-state index contributed by atoms with van der Waals surface area (Å²) in [4.78, 5) is 26.7. The first kappa shape index (κ1) is 16.3. The molecule has 0 radical (unpaired) electrons. The van der Waals surface area contributed by atoms with E-state index in [0.717, 1.165) is 0 Å². The number of carbonyl (C=O) groups is 2. The van der Waals surface area contributed by atoms with Crippen LogP contribution in [0.25, 0.3) is 0 Å². The summed E-state index contributed by atoms with van der Waals surface area (Å²) in [5.74, 6) is -0.240. The number of nitrogens with zero attached hydrogens (tertiary/aromatic N) is 4. The summed E-state index contributed by atoms with van der Waals surface area (Å²) >= 11 is 0. The number of nitrogens with one attached hydrogen (secondary N) is 1. The van der Waals surface area contributed by atoms with Gasteiger partial charge in [-0.2, -0.15) is 5.10 Å². The number of aromatic nitrogens is 3. The van der Waals surface area contributed by atoms with Crippen molar-refractivity contribution in [2.24, 2.45) is 7.05 Å². The lowest BCUT2D eigenvalue weighted by molar-refractivity contribution is 0.0503. The number of methoxy groups -OCH3 is 1. The first-order valence-electron chi connectivity index (χ1n) is 7.83. The summed E-state index contributed by atoms with van der Waals surface area (Å²) in [5, 5.41) is 6.89. The van der Waals surface area contributed by atoms with Crippen molar-refractivity contribution in [3.63, 3.8) is 0 Å². The zero-order valence-corrected chi connectivity index (χ0v) is 13.8. The second-order valence-electron chi connectivity index (χ2n) is 5.74. The molecule has 8 nitrogen and oxygen atoms in total. The fourth-order valence-corrected chi connectivity index (χ4v) is 2.95. The monoisotopic (exact) mass is 331 g/mol. The second kappa shape index (κ2) is 6.88. The molecule has 1 aliphatic rings. The van der Waals surface area contributed by atoms with E-state index < -0.39 is 0 Å². The highest BCUT2D eigenvalue weighted by atomic mass is 16.5. The van der Waals surface area contributed by atoms with Gasteiger partial charge in [0.1, 0.15) is 11.4 Å². The number of carbonyl (C=O) groups excluding carboxylic acids is 2. The van der Waals surface area contributed by atoms with Crippen molar-refractivity contribution >= 4 is 11.8 Å². The van der Waals surface area contributed by atoms with Crippen molar-refractivity contribution in [2.45, 2.75) is 12.6 Å². The molecule has 2 aromatic rings. The Morgan fingerprint density at radius 3 is 3.00 bits per heavy atom. The van der Waals surface area contributed by atoms with Crippen molar-refractivity contribution < 1.29 is 14.3 Å². The Bertz CT molecular complexity index is 736. The van der Waals surface area contributed by atoms with E-state index in [-0.39, 0.29) is 17.9 Å². The number of aryl methyl sites for hydroxylation is 1. The van der Waals surface area contributed by atoms with E-state index in [2.05, 4.69) is 10.4 Å². The highest BCUT2D eigenvalue weighted by Crippen LogP contribution is 2.18. The van der Waals surface area contributed by atoms with Gasteiger partial charge in [0.25, 0.3) is 11.8 Å². The molecular formula is C16H21N5O3. The summed E-state index contributed by atoms with van der Waals surface area (Å²) in [6, 6.07) is 5.21. The van der Waals surface area contributed by atoms with Gasteiger partial charge in [0.05, 0.1) is 12.6 Å². The van der Waals surface area contributed by atoms with Crippen LogP contribution in [0.1, 0.15) is 21.0 Å². The van der Waals surface area contributed by atoms with Crippen LogP contribution in [0.3, 0.4) is 0 Å². The van der Waals surface area contributed by atoms with Gasteiger partial charge in [-0.05, 0) is 18.2 Å². The molecule has 0 spiro atoms. The molecule has 0 saturated heterocycles. The maximum absolute atomic E-state index is 12.6. The average Bonchev–Trinajstić information content (AvgIpc) is 3.20.